The first-order chi connectivity index (χ1) is 24.0. The van der Waals surface area contributed by atoms with Crippen molar-refractivity contribution in [2.45, 2.75) is 57.0 Å². The van der Waals surface area contributed by atoms with E-state index in [1.165, 1.54) is 0 Å². The molecule has 3 aromatic rings. The van der Waals surface area contributed by atoms with Crippen molar-refractivity contribution in [2.24, 2.45) is 10.7 Å². The largest absolute Gasteiger partial charge is 0.494 e. The van der Waals surface area contributed by atoms with Crippen LogP contribution in [0.15, 0.2) is 46.4 Å². The first kappa shape index (κ1) is 38.1. The maximum Gasteiger partial charge on any atom is 0.325 e. The molecule has 2 aromatic carbocycles. The van der Waals surface area contributed by atoms with E-state index >= 15 is 0 Å². The van der Waals surface area contributed by atoms with Crippen molar-refractivity contribution >= 4 is 44.7 Å². The Morgan fingerprint density at radius 1 is 1.08 bits per heavy atom. The van der Waals surface area contributed by atoms with Gasteiger partial charge in [0.1, 0.15) is 11.8 Å². The zero-order chi connectivity index (χ0) is 36.1. The molecule has 7 N–H and O–H groups in total. The lowest BCUT2D eigenvalue weighted by molar-refractivity contribution is -0.142. The maximum absolute atomic E-state index is 13.5. The molecular weight excluding hydrogens is 666 g/mol. The van der Waals surface area contributed by atoms with E-state index < -0.39 is 27.9 Å². The number of methoxy groups -OCH3 is 1. The fraction of sp³-hybridized carbons (Fsp3) is 0.485. The third-order valence-electron chi connectivity index (χ3n) is 7.88. The average molecular weight is 714 g/mol. The number of hydrogen-bond acceptors (Lipinski definition) is 12. The molecule has 0 saturated carbocycles. The molecule has 16 nitrogen and oxygen atoms in total. The van der Waals surface area contributed by atoms with Gasteiger partial charge in [-0.25, -0.2) is 8.42 Å². The number of aromatic nitrogens is 2. The summed E-state index contributed by atoms with van der Waals surface area (Å²) in [5.74, 6) is -0.219. The van der Waals surface area contributed by atoms with Gasteiger partial charge in [-0.05, 0) is 74.6 Å². The third kappa shape index (κ3) is 10.6. The van der Waals surface area contributed by atoms with E-state index in [1.54, 1.807) is 50.4 Å². The first-order valence-corrected chi connectivity index (χ1v) is 18.1. The van der Waals surface area contributed by atoms with Gasteiger partial charge in [0.2, 0.25) is 15.9 Å². The average Bonchev–Trinajstić information content (AvgIpc) is 3.51. The van der Waals surface area contributed by atoms with Crippen molar-refractivity contribution in [1.29, 1.82) is 0 Å². The molecule has 0 radical (unpaired) electrons. The van der Waals surface area contributed by atoms with Crippen LogP contribution in [0.5, 0.6) is 5.75 Å². The van der Waals surface area contributed by atoms with Crippen LogP contribution in [-0.4, -0.2) is 101 Å². The summed E-state index contributed by atoms with van der Waals surface area (Å²) in [5.41, 5.74) is 7.35. The number of ether oxygens (including phenoxy) is 2. The Labute approximate surface area is 292 Å². The Morgan fingerprint density at radius 2 is 1.86 bits per heavy atom. The summed E-state index contributed by atoms with van der Waals surface area (Å²) in [6.45, 7) is 7.03. The summed E-state index contributed by atoms with van der Waals surface area (Å²) in [6.07, 6.45) is 4.27. The molecule has 4 rings (SSSR count). The van der Waals surface area contributed by atoms with Crippen molar-refractivity contribution in [1.82, 2.24) is 35.8 Å². The van der Waals surface area contributed by atoms with Crippen LogP contribution in [0.1, 0.15) is 47.2 Å². The topological polar surface area (TPSA) is 220 Å². The quantitative estimate of drug-likeness (QED) is 0.0786. The Morgan fingerprint density at radius 3 is 2.56 bits per heavy atom. The van der Waals surface area contributed by atoms with Gasteiger partial charge in [-0.2, -0.15) is 9.82 Å². The van der Waals surface area contributed by atoms with Gasteiger partial charge in [-0.3, -0.25) is 24.1 Å². The minimum atomic E-state index is -4.24. The summed E-state index contributed by atoms with van der Waals surface area (Å²) < 4.78 is 41.9. The normalized spacial score (nSPS) is 13.6. The number of nitrogens with zero attached hydrogens (tertiary/aromatic N) is 3. The molecule has 17 heteroatoms. The molecule has 50 heavy (non-hydrogen) atoms. The van der Waals surface area contributed by atoms with Crippen LogP contribution in [0.25, 0.3) is 10.9 Å². The van der Waals surface area contributed by atoms with Crippen LogP contribution in [0.3, 0.4) is 0 Å². The maximum atomic E-state index is 13.5. The van der Waals surface area contributed by atoms with Crippen LogP contribution in [-0.2, 0) is 30.9 Å². The number of fused-ring (bicyclic) bond motifs is 1. The van der Waals surface area contributed by atoms with Gasteiger partial charge in [0.15, 0.2) is 5.96 Å². The summed E-state index contributed by atoms with van der Waals surface area (Å²) in [4.78, 5) is 41.9. The van der Waals surface area contributed by atoms with Gasteiger partial charge in [0, 0.05) is 63.2 Å². The minimum Gasteiger partial charge on any atom is -0.494 e. The number of aliphatic imine (C=N–C) groups is 1. The van der Waals surface area contributed by atoms with Crippen LogP contribution >= 0.6 is 0 Å². The molecule has 1 atom stereocenters. The number of rotatable bonds is 18. The monoisotopic (exact) mass is 713 g/mol. The summed E-state index contributed by atoms with van der Waals surface area (Å²) in [5, 5.41) is 17.1. The van der Waals surface area contributed by atoms with Crippen molar-refractivity contribution in [3.05, 3.63) is 53.2 Å². The Hall–Kier alpha value is -4.74. The fourth-order valence-corrected chi connectivity index (χ4v) is 7.13. The predicted octanol–water partition coefficient (Wildman–Crippen LogP) is 0.466. The Balaban J connectivity index is 1.33. The number of benzene rings is 2. The number of guanidine groups is 1. The predicted molar refractivity (Wildman–Crippen MR) is 188 cm³/mol. The van der Waals surface area contributed by atoms with Gasteiger partial charge in [0.25, 0.3) is 5.91 Å². The molecule has 1 unspecified atom stereocenters. The second-order valence-electron chi connectivity index (χ2n) is 11.8. The van der Waals surface area contributed by atoms with Crippen molar-refractivity contribution < 1.29 is 32.3 Å². The highest BCUT2D eigenvalue weighted by atomic mass is 32.2. The number of sulfonamides is 1. The van der Waals surface area contributed by atoms with E-state index in [2.05, 4.69) is 36.1 Å². The van der Waals surface area contributed by atoms with Crippen LogP contribution < -0.4 is 36.5 Å². The lowest BCUT2D eigenvalue weighted by Crippen LogP contribution is -2.49. The van der Waals surface area contributed by atoms with E-state index in [0.717, 1.165) is 56.4 Å². The van der Waals surface area contributed by atoms with E-state index in [9.17, 15) is 22.8 Å². The molecule has 0 bridgehead atoms. The highest BCUT2D eigenvalue weighted by Gasteiger charge is 2.29. The number of nitrogens with two attached hydrogens (primary N) is 1. The molecule has 0 saturated heterocycles. The molecule has 2 heterocycles. The molecular formula is C33H47N9O7S. The molecule has 0 fully saturated rings. The first-order valence-electron chi connectivity index (χ1n) is 16.6. The Kier molecular flexibility index (Phi) is 13.9. The molecule has 1 aliphatic heterocycles. The second kappa shape index (κ2) is 18.3. The highest BCUT2D eigenvalue weighted by Crippen LogP contribution is 2.26. The standard InChI is InChI=1S/C33H47N9O7S/c1-22-17-26(49-16-4-7-29(43)35-14-10-34)18-23(2)30(22)50(46,47)41-27(32(45)48-3)21-39-31(44)24-8-9-28-25(19-24)20-40-42(28)15-6-13-38-33-36-11-5-12-37-33/h8-9,17-20,27,41H,4-7,10-16,21,34H2,1-3H3,(H,35,43)(H,39,44)(H2,36,37,38). The van der Waals surface area contributed by atoms with Gasteiger partial charge in [-0.15, -0.1) is 0 Å². The Bertz CT molecular complexity index is 1770. The zero-order valence-electron chi connectivity index (χ0n) is 28.7. The van der Waals surface area contributed by atoms with Crippen LogP contribution in [0.4, 0.5) is 0 Å². The number of esters is 1. The summed E-state index contributed by atoms with van der Waals surface area (Å²) >= 11 is 0. The van der Waals surface area contributed by atoms with Gasteiger partial charge < -0.3 is 36.5 Å². The number of carbonyl (C=O) groups is 3. The zero-order valence-corrected chi connectivity index (χ0v) is 29.5. The van der Waals surface area contributed by atoms with E-state index in [-0.39, 0.29) is 30.4 Å². The van der Waals surface area contributed by atoms with Gasteiger partial charge in [0.05, 0.1) is 30.3 Å². The minimum absolute atomic E-state index is 0.0242. The second-order valence-corrected chi connectivity index (χ2v) is 13.5. The molecule has 0 spiro atoms. The SMILES string of the molecule is COC(=O)C(CNC(=O)c1ccc2c(cnn2CCCNC2=NCCCN2)c1)NS(=O)(=O)c1c(C)cc(OCCCC(=O)NCCN)cc1C. The van der Waals surface area contributed by atoms with Crippen molar-refractivity contribution in [3.63, 3.8) is 0 Å². The molecule has 272 valence electrons. The molecule has 0 aliphatic carbocycles. The fourth-order valence-electron chi connectivity index (χ4n) is 5.49. The van der Waals surface area contributed by atoms with Crippen LogP contribution in [0.2, 0.25) is 0 Å². The van der Waals surface area contributed by atoms with Crippen molar-refractivity contribution in [3.8, 4) is 5.75 Å². The number of amides is 2. The van der Waals surface area contributed by atoms with E-state index in [1.807, 2.05) is 4.68 Å². The summed E-state index contributed by atoms with van der Waals surface area (Å²) in [7, 11) is -3.10. The lowest BCUT2D eigenvalue weighted by atomic mass is 10.1. The molecule has 1 aliphatic rings. The number of hydrogen-bond donors (Lipinski definition) is 6. The number of aryl methyl sites for hydroxylation is 3. The smallest absolute Gasteiger partial charge is 0.325 e. The van der Waals surface area contributed by atoms with E-state index in [4.69, 9.17) is 15.2 Å². The molecule has 2 amide bonds. The third-order valence-corrected chi connectivity index (χ3v) is 9.65. The van der Waals surface area contributed by atoms with Crippen molar-refractivity contribution in [2.75, 3.05) is 53.0 Å². The number of nitrogens with one attached hydrogen (secondary N) is 5. The van der Waals surface area contributed by atoms with Gasteiger partial charge in [-0.1, -0.05) is 0 Å². The molecule has 1 aromatic heterocycles. The highest BCUT2D eigenvalue weighted by molar-refractivity contribution is 7.89. The summed E-state index contributed by atoms with van der Waals surface area (Å²) in [6, 6.07) is 6.89. The lowest BCUT2D eigenvalue weighted by Gasteiger charge is -2.20. The van der Waals surface area contributed by atoms with E-state index in [0.29, 0.717) is 48.5 Å². The van der Waals surface area contributed by atoms with Crippen LogP contribution in [0, 0.1) is 13.8 Å². The number of carbonyl (C=O) groups excluding carboxylic acids is 3. The van der Waals surface area contributed by atoms with Gasteiger partial charge >= 0.3 is 5.97 Å².